The Kier molecular flexibility index (Phi) is 15.6. The molecule has 4 nitrogen and oxygen atoms in total. The minimum Gasteiger partial charge on any atom is -0.549 e. The zero-order chi connectivity index (χ0) is 9.72. The minimum atomic E-state index is -1.20. The second kappa shape index (κ2) is 10.6. The van der Waals surface area contributed by atoms with Crippen molar-refractivity contribution in [2.45, 2.75) is 24.3 Å². The van der Waals surface area contributed by atoms with E-state index in [0.29, 0.717) is 0 Å². The SMILES string of the molecule is CC(SSC(C)C(=O)[O-])C(=O)[O-].[Ag+].[Ag+]. The van der Waals surface area contributed by atoms with Crippen molar-refractivity contribution >= 4 is 33.5 Å². The van der Waals surface area contributed by atoms with E-state index in [1.165, 1.54) is 13.8 Å². The summed E-state index contributed by atoms with van der Waals surface area (Å²) in [5.74, 6) is -2.39. The summed E-state index contributed by atoms with van der Waals surface area (Å²) in [6.45, 7) is 2.88. The molecular weight excluding hydrogens is 416 g/mol. The number of carbonyl (C=O) groups excluding carboxylic acids is 2. The number of rotatable bonds is 5. The Labute approximate surface area is 121 Å². The molecule has 8 heteroatoms. The molecule has 0 aromatic heterocycles. The van der Waals surface area contributed by atoms with Crippen LogP contribution in [0.1, 0.15) is 13.8 Å². The topological polar surface area (TPSA) is 80.3 Å². The third-order valence-corrected chi connectivity index (χ3v) is 4.15. The van der Waals surface area contributed by atoms with Crippen molar-refractivity contribution in [2.24, 2.45) is 0 Å². The van der Waals surface area contributed by atoms with Gasteiger partial charge < -0.3 is 19.8 Å². The molecule has 0 fully saturated rings. The molecule has 0 heterocycles. The maximum atomic E-state index is 10.2. The second-order valence-electron chi connectivity index (χ2n) is 2.11. The molecule has 14 heavy (non-hydrogen) atoms. The quantitative estimate of drug-likeness (QED) is 0.401. The van der Waals surface area contributed by atoms with E-state index in [1.807, 2.05) is 0 Å². The molecule has 0 saturated carbocycles. The van der Waals surface area contributed by atoms with Gasteiger partial charge >= 0.3 is 44.8 Å². The van der Waals surface area contributed by atoms with Gasteiger partial charge in [-0.25, -0.2) is 0 Å². The number of carbonyl (C=O) groups is 2. The molecule has 0 saturated heterocycles. The molecule has 0 amide bonds. The Balaban J connectivity index is -0.000000605. The number of carboxylic acid groups (broad SMARTS) is 2. The molecule has 0 spiro atoms. The van der Waals surface area contributed by atoms with Gasteiger partial charge in [0.15, 0.2) is 0 Å². The van der Waals surface area contributed by atoms with Crippen LogP contribution in [-0.4, -0.2) is 22.4 Å². The second-order valence-corrected chi connectivity index (χ2v) is 5.07. The van der Waals surface area contributed by atoms with Crippen LogP contribution >= 0.6 is 21.6 Å². The normalized spacial score (nSPS) is 13.0. The van der Waals surface area contributed by atoms with Crippen molar-refractivity contribution in [3.8, 4) is 0 Å². The summed E-state index contributed by atoms with van der Waals surface area (Å²) in [5.41, 5.74) is 0. The monoisotopic (exact) mass is 422 g/mol. The molecule has 0 aliphatic heterocycles. The summed E-state index contributed by atoms with van der Waals surface area (Å²) in [6.07, 6.45) is 0. The van der Waals surface area contributed by atoms with Gasteiger partial charge in [-0.1, -0.05) is 21.6 Å². The van der Waals surface area contributed by atoms with Crippen molar-refractivity contribution < 1.29 is 64.6 Å². The third-order valence-electron chi connectivity index (χ3n) is 1.01. The van der Waals surface area contributed by atoms with Crippen LogP contribution in [0.25, 0.3) is 0 Å². The largest absolute Gasteiger partial charge is 1.00 e. The van der Waals surface area contributed by atoms with Gasteiger partial charge in [0.2, 0.25) is 0 Å². The van der Waals surface area contributed by atoms with Crippen molar-refractivity contribution in [2.75, 3.05) is 0 Å². The first kappa shape index (κ1) is 20.5. The smallest absolute Gasteiger partial charge is 0.549 e. The Hall–Kier alpha value is 1.12. The van der Waals surface area contributed by atoms with Crippen LogP contribution in [-0.2, 0) is 54.3 Å². The fourth-order valence-electron chi connectivity index (χ4n) is 0.245. The molecule has 0 rings (SSSR count). The summed E-state index contributed by atoms with van der Waals surface area (Å²) in [5, 5.41) is 18.9. The van der Waals surface area contributed by atoms with Crippen LogP contribution < -0.4 is 10.2 Å². The average molecular weight is 424 g/mol. The van der Waals surface area contributed by atoms with Crippen LogP contribution in [0.5, 0.6) is 0 Å². The summed E-state index contributed by atoms with van der Waals surface area (Å²) in [4.78, 5) is 20.3. The van der Waals surface area contributed by atoms with E-state index in [-0.39, 0.29) is 44.8 Å². The van der Waals surface area contributed by atoms with Gasteiger partial charge in [0.1, 0.15) is 0 Å². The van der Waals surface area contributed by atoms with Gasteiger partial charge in [0, 0.05) is 0 Å². The van der Waals surface area contributed by atoms with E-state index in [9.17, 15) is 19.8 Å². The standard InChI is InChI=1S/C6H10O4S2.2Ag/c1-3(5(7)8)11-12-4(2)6(9)10;;/h3-4H,1-2H3,(H,7,8)(H,9,10);;/q;2*+1/p-2. The molecule has 90 valence electrons. The van der Waals surface area contributed by atoms with Crippen LogP contribution in [0.15, 0.2) is 0 Å². The van der Waals surface area contributed by atoms with E-state index < -0.39 is 22.4 Å². The predicted molar refractivity (Wildman–Crippen MR) is 44.1 cm³/mol. The predicted octanol–water partition coefficient (Wildman–Crippen LogP) is -1.36. The van der Waals surface area contributed by atoms with Gasteiger partial charge in [-0.05, 0) is 13.8 Å². The summed E-state index contributed by atoms with van der Waals surface area (Å²) in [6, 6.07) is 0. The minimum absolute atomic E-state index is 0. The molecule has 0 radical (unpaired) electrons. The molecule has 0 bridgehead atoms. The first-order valence-electron chi connectivity index (χ1n) is 3.19. The Morgan fingerprint density at radius 1 is 0.929 bits per heavy atom. The maximum Gasteiger partial charge on any atom is 1.00 e. The van der Waals surface area contributed by atoms with Gasteiger partial charge in [0.25, 0.3) is 0 Å². The molecule has 0 aromatic rings. The number of hydrogen-bond acceptors (Lipinski definition) is 6. The summed E-state index contributed by atoms with van der Waals surface area (Å²) >= 11 is 0. The van der Waals surface area contributed by atoms with Gasteiger partial charge in [-0.3, -0.25) is 0 Å². The van der Waals surface area contributed by atoms with E-state index in [1.54, 1.807) is 0 Å². The number of aliphatic carboxylic acids is 2. The Morgan fingerprint density at radius 3 is 1.29 bits per heavy atom. The van der Waals surface area contributed by atoms with E-state index >= 15 is 0 Å². The van der Waals surface area contributed by atoms with E-state index in [2.05, 4.69) is 0 Å². The summed E-state index contributed by atoms with van der Waals surface area (Å²) in [7, 11) is 1.91. The van der Waals surface area contributed by atoms with Crippen LogP contribution in [0.2, 0.25) is 0 Å². The molecular formula is C6H8Ag2O4S2. The van der Waals surface area contributed by atoms with Crippen molar-refractivity contribution in [3.63, 3.8) is 0 Å². The Morgan fingerprint density at radius 2 is 1.14 bits per heavy atom. The molecule has 0 N–H and O–H groups in total. The van der Waals surface area contributed by atoms with E-state index in [4.69, 9.17) is 0 Å². The zero-order valence-electron chi connectivity index (χ0n) is 7.21. The first-order chi connectivity index (χ1) is 5.45. The first-order valence-corrected chi connectivity index (χ1v) is 5.46. The van der Waals surface area contributed by atoms with Gasteiger partial charge in [-0.2, -0.15) is 0 Å². The van der Waals surface area contributed by atoms with Gasteiger partial charge in [-0.15, -0.1) is 0 Å². The van der Waals surface area contributed by atoms with Crippen LogP contribution in [0, 0.1) is 0 Å². The summed E-state index contributed by atoms with van der Waals surface area (Å²) < 4.78 is 0. The third kappa shape index (κ3) is 9.67. The molecule has 0 aromatic carbocycles. The van der Waals surface area contributed by atoms with Crippen LogP contribution in [0.4, 0.5) is 0 Å². The van der Waals surface area contributed by atoms with Crippen molar-refractivity contribution in [1.82, 2.24) is 0 Å². The van der Waals surface area contributed by atoms with Crippen molar-refractivity contribution in [3.05, 3.63) is 0 Å². The molecule has 0 aliphatic rings. The molecule has 2 atom stereocenters. The van der Waals surface area contributed by atoms with Crippen LogP contribution in [0.3, 0.4) is 0 Å². The Bertz CT molecular complexity index is 171. The fourth-order valence-corrected chi connectivity index (χ4v) is 2.21. The molecule has 2 unspecified atom stereocenters. The average Bonchev–Trinajstić information content (AvgIpc) is 1.98. The number of carboxylic acids is 2. The van der Waals surface area contributed by atoms with Gasteiger partial charge in [0.05, 0.1) is 22.4 Å². The molecule has 0 aliphatic carbocycles. The zero-order valence-corrected chi connectivity index (χ0v) is 11.8. The fraction of sp³-hybridized carbons (Fsp3) is 0.667. The maximum absolute atomic E-state index is 10.2. The van der Waals surface area contributed by atoms with Crippen molar-refractivity contribution in [1.29, 1.82) is 0 Å². The van der Waals surface area contributed by atoms with E-state index in [0.717, 1.165) is 21.6 Å². The number of hydrogen-bond donors (Lipinski definition) is 0.